The van der Waals surface area contributed by atoms with Crippen molar-refractivity contribution in [1.82, 2.24) is 0 Å². The highest BCUT2D eigenvalue weighted by molar-refractivity contribution is 6.98. The number of benzene rings is 8. The Bertz CT molecular complexity index is 3490. The zero-order chi connectivity index (χ0) is 44.0. The molecule has 0 nitrogen and oxygen atoms in total. The van der Waals surface area contributed by atoms with Crippen LogP contribution in [0.2, 0.25) is 13.1 Å². The van der Waals surface area contributed by atoms with E-state index in [2.05, 4.69) is 223 Å². The summed E-state index contributed by atoms with van der Waals surface area (Å²) in [5.41, 5.74) is 22.3. The van der Waals surface area contributed by atoms with Gasteiger partial charge in [-0.25, -0.2) is 0 Å². The van der Waals surface area contributed by atoms with Gasteiger partial charge in [-0.2, -0.15) is 0 Å². The first-order valence-electron chi connectivity index (χ1n) is 23.9. The van der Waals surface area contributed by atoms with Crippen LogP contribution < -0.4 is 5.19 Å². The van der Waals surface area contributed by atoms with Crippen molar-refractivity contribution in [3.63, 3.8) is 0 Å². The summed E-state index contributed by atoms with van der Waals surface area (Å²) in [4.78, 5) is 0. The highest BCUT2D eigenvalue weighted by atomic mass is 28.3. The standard InChI is InChI=1S/C64H54Si/c1-63(2)55-22-14-12-18-45(55)47-31-29-43(34-57(47)63)61-50-20-10-11-21-51(50)62(44-30-32-48-46-19-13-15-23-56(46)64(3,4)58(48)35-44)54-38-60-52(37-53(54)61)49-33-28-42(36-59(49)65(60,5)6)41-26-24-40(25-27-41)39-16-8-7-9-17-39/h7-28,30-35,37-38,42-43H,29,36H2,1-6H3. The summed E-state index contributed by atoms with van der Waals surface area (Å²) in [5, 5.41) is 8.85. The second kappa shape index (κ2) is 13.7. The smallest absolute Gasteiger partial charge is 0.0761 e. The average molecular weight is 851 g/mol. The van der Waals surface area contributed by atoms with Gasteiger partial charge in [-0.15, -0.1) is 0 Å². The lowest BCUT2D eigenvalue weighted by Gasteiger charge is -2.29. The molecule has 0 saturated heterocycles. The van der Waals surface area contributed by atoms with Crippen molar-refractivity contribution >= 4 is 46.0 Å². The van der Waals surface area contributed by atoms with Gasteiger partial charge in [0.05, 0.1) is 0 Å². The molecule has 0 amide bonds. The van der Waals surface area contributed by atoms with Crippen molar-refractivity contribution in [3.8, 4) is 33.4 Å². The Hall–Kier alpha value is -6.54. The number of hydrogen-bond donors (Lipinski definition) is 0. The van der Waals surface area contributed by atoms with Crippen LogP contribution in [0.1, 0.15) is 91.3 Å². The molecule has 8 aromatic rings. The van der Waals surface area contributed by atoms with E-state index < -0.39 is 8.07 Å². The Kier molecular flexibility index (Phi) is 8.22. The summed E-state index contributed by atoms with van der Waals surface area (Å²) in [7, 11) is -2.08. The van der Waals surface area contributed by atoms with Crippen LogP contribution in [0.5, 0.6) is 0 Å². The first-order chi connectivity index (χ1) is 31.5. The Labute approximate surface area is 385 Å². The third kappa shape index (κ3) is 5.49. The molecule has 0 saturated carbocycles. The molecule has 8 aromatic carbocycles. The molecular weight excluding hydrogens is 797 g/mol. The van der Waals surface area contributed by atoms with Gasteiger partial charge in [0.2, 0.25) is 0 Å². The number of fused-ring (bicyclic) bond motifs is 10. The van der Waals surface area contributed by atoms with Crippen LogP contribution in [0.3, 0.4) is 0 Å². The molecule has 1 aliphatic heterocycles. The van der Waals surface area contributed by atoms with Crippen molar-refractivity contribution < 1.29 is 0 Å². The summed E-state index contributed by atoms with van der Waals surface area (Å²) in [5.74, 6) is 0.621. The highest BCUT2D eigenvalue weighted by Gasteiger charge is 2.43. The molecular formula is C64H54Si. The molecule has 5 aliphatic rings. The summed E-state index contributed by atoms with van der Waals surface area (Å²) in [6.45, 7) is 14.9. The highest BCUT2D eigenvalue weighted by Crippen LogP contribution is 2.56. The summed E-state index contributed by atoms with van der Waals surface area (Å²) >= 11 is 0. The van der Waals surface area contributed by atoms with Crippen LogP contribution in [0.4, 0.5) is 0 Å². The zero-order valence-electron chi connectivity index (χ0n) is 38.4. The predicted molar refractivity (Wildman–Crippen MR) is 280 cm³/mol. The van der Waals surface area contributed by atoms with Gasteiger partial charge < -0.3 is 0 Å². The molecule has 0 bridgehead atoms. The predicted octanol–water partition coefficient (Wildman–Crippen LogP) is 16.4. The normalized spacial score (nSPS) is 20.2. The van der Waals surface area contributed by atoms with Crippen molar-refractivity contribution in [2.24, 2.45) is 0 Å². The second-order valence-corrected chi connectivity index (χ2v) is 25.5. The summed E-state index contributed by atoms with van der Waals surface area (Å²) in [6.07, 6.45) is 12.3. The fraction of sp³-hybridized carbons (Fsp3) is 0.188. The van der Waals surface area contributed by atoms with E-state index in [-0.39, 0.29) is 16.7 Å². The monoisotopic (exact) mass is 850 g/mol. The molecule has 0 N–H and O–H groups in total. The van der Waals surface area contributed by atoms with Crippen molar-refractivity contribution in [2.75, 3.05) is 0 Å². The number of allylic oxidation sites excluding steroid dienone is 8. The Morgan fingerprint density at radius 1 is 0.508 bits per heavy atom. The Morgan fingerprint density at radius 3 is 1.94 bits per heavy atom. The topological polar surface area (TPSA) is 0 Å². The van der Waals surface area contributed by atoms with Gasteiger partial charge in [0.25, 0.3) is 0 Å². The maximum atomic E-state index is 2.71. The number of hydrogen-bond acceptors (Lipinski definition) is 0. The van der Waals surface area contributed by atoms with Crippen molar-refractivity contribution in [2.45, 2.75) is 76.3 Å². The molecule has 1 heterocycles. The zero-order valence-corrected chi connectivity index (χ0v) is 39.4. The lowest BCUT2D eigenvalue weighted by Crippen LogP contribution is -2.42. The summed E-state index contributed by atoms with van der Waals surface area (Å²) in [6, 6.07) is 60.5. The van der Waals surface area contributed by atoms with Gasteiger partial charge in [0.15, 0.2) is 0 Å². The van der Waals surface area contributed by atoms with Crippen LogP contribution in [-0.4, -0.2) is 8.07 Å². The molecule has 65 heavy (non-hydrogen) atoms. The molecule has 0 aromatic heterocycles. The van der Waals surface area contributed by atoms with Gasteiger partial charge in [0, 0.05) is 22.7 Å². The maximum Gasteiger partial charge on any atom is 0.109 e. The summed E-state index contributed by atoms with van der Waals surface area (Å²) < 4.78 is 0. The van der Waals surface area contributed by atoms with Crippen LogP contribution in [0.15, 0.2) is 193 Å². The van der Waals surface area contributed by atoms with Crippen LogP contribution in [0.25, 0.3) is 66.1 Å². The van der Waals surface area contributed by atoms with Gasteiger partial charge in [-0.05, 0) is 141 Å². The van der Waals surface area contributed by atoms with E-state index >= 15 is 0 Å². The van der Waals surface area contributed by atoms with E-state index in [9.17, 15) is 0 Å². The minimum absolute atomic E-state index is 0.0523. The SMILES string of the molecule is CC1(C)C2=CC(c3c4ccccc4c(-c4ccc5c(c4)C(C)(C)c4ccccc4-5)c4cc5c(cc34)C3=C(CC(c4ccc(-c6ccccc6)cc4)C=C3)[Si]5(C)C)CC=C2c2ccccc21. The van der Waals surface area contributed by atoms with E-state index in [1.807, 2.05) is 0 Å². The Morgan fingerprint density at radius 2 is 1.15 bits per heavy atom. The molecule has 2 atom stereocenters. The minimum atomic E-state index is -2.08. The lowest BCUT2D eigenvalue weighted by molar-refractivity contribution is 0.649. The first-order valence-corrected chi connectivity index (χ1v) is 26.9. The minimum Gasteiger partial charge on any atom is -0.0761 e. The van der Waals surface area contributed by atoms with E-state index in [1.54, 1.807) is 10.4 Å². The van der Waals surface area contributed by atoms with Gasteiger partial charge in [-0.3, -0.25) is 0 Å². The fourth-order valence-corrected chi connectivity index (χ4v) is 16.5. The van der Waals surface area contributed by atoms with Gasteiger partial charge in [-0.1, -0.05) is 216 Å². The quantitative estimate of drug-likeness (QED) is 0.122. The second-order valence-electron chi connectivity index (χ2n) is 21.1. The van der Waals surface area contributed by atoms with Crippen LogP contribution in [-0.2, 0) is 10.8 Å². The first kappa shape index (κ1) is 38.9. The van der Waals surface area contributed by atoms with E-state index in [0.29, 0.717) is 5.92 Å². The van der Waals surface area contributed by atoms with Gasteiger partial charge >= 0.3 is 0 Å². The molecule has 1 heteroatoms. The molecule has 0 radical (unpaired) electrons. The third-order valence-corrected chi connectivity index (χ3v) is 20.4. The van der Waals surface area contributed by atoms with E-state index in [0.717, 1.165) is 12.8 Å². The van der Waals surface area contributed by atoms with E-state index in [4.69, 9.17) is 0 Å². The Balaban J connectivity index is 1.01. The van der Waals surface area contributed by atoms with Crippen LogP contribution in [0, 0.1) is 0 Å². The lowest BCUT2D eigenvalue weighted by atomic mass is 9.74. The molecule has 0 spiro atoms. The molecule has 0 fully saturated rings. The molecule has 4 aliphatic carbocycles. The fourth-order valence-electron chi connectivity index (χ4n) is 13.2. The molecule has 13 rings (SSSR count). The molecule has 314 valence electrons. The van der Waals surface area contributed by atoms with Crippen LogP contribution >= 0.6 is 0 Å². The van der Waals surface area contributed by atoms with E-state index in [1.165, 1.54) is 111 Å². The van der Waals surface area contributed by atoms with Crippen molar-refractivity contribution in [3.05, 3.63) is 232 Å². The third-order valence-electron chi connectivity index (χ3n) is 16.7. The number of rotatable bonds is 4. The maximum absolute atomic E-state index is 2.71. The largest absolute Gasteiger partial charge is 0.109 e. The average Bonchev–Trinajstić information content (AvgIpc) is 3.81. The van der Waals surface area contributed by atoms with Gasteiger partial charge in [0.1, 0.15) is 8.07 Å². The molecule has 2 unspecified atom stereocenters. The van der Waals surface area contributed by atoms with Crippen molar-refractivity contribution in [1.29, 1.82) is 0 Å².